The van der Waals surface area contributed by atoms with E-state index in [9.17, 15) is 14.9 Å². The van der Waals surface area contributed by atoms with Crippen molar-refractivity contribution >= 4 is 17.3 Å². The second-order valence-electron chi connectivity index (χ2n) is 4.36. The molecule has 0 bridgehead atoms. The van der Waals surface area contributed by atoms with E-state index in [-0.39, 0.29) is 17.2 Å². The molecular weight excluding hydrogens is 286 g/mol. The van der Waals surface area contributed by atoms with Crippen LogP contribution < -0.4 is 10.1 Å². The van der Waals surface area contributed by atoms with Crippen LogP contribution in [-0.2, 0) is 4.79 Å². The van der Waals surface area contributed by atoms with Crippen LogP contribution in [0.1, 0.15) is 12.5 Å². The number of hydrogen-bond donors (Lipinski definition) is 1. The minimum atomic E-state index is -0.625. The third-order valence-electron chi connectivity index (χ3n) is 2.68. The fraction of sp³-hybridized carbons (Fsp3) is 0.0667. The smallest absolute Gasteiger partial charge is 0.287 e. The molecule has 2 aromatic rings. The van der Waals surface area contributed by atoms with Crippen LogP contribution in [0.25, 0.3) is 0 Å². The molecule has 0 aliphatic rings. The van der Waals surface area contributed by atoms with Crippen LogP contribution in [0.15, 0.2) is 42.5 Å². The van der Waals surface area contributed by atoms with Gasteiger partial charge in [0.2, 0.25) is 5.91 Å². The van der Waals surface area contributed by atoms with Gasteiger partial charge in [0.15, 0.2) is 0 Å². The average molecular weight is 297 g/mol. The van der Waals surface area contributed by atoms with Gasteiger partial charge in [-0.2, -0.15) is 5.26 Å². The summed E-state index contributed by atoms with van der Waals surface area (Å²) in [5.41, 5.74) is 0.204. The van der Waals surface area contributed by atoms with Gasteiger partial charge in [-0.05, 0) is 18.2 Å². The number of amides is 1. The van der Waals surface area contributed by atoms with E-state index in [0.717, 1.165) is 0 Å². The standard InChI is InChI=1S/C15H11N3O4/c1-10(19)17-12-3-2-4-13(8-12)22-14-5-6-15(18(20)21)11(7-14)9-16/h2-8H,1H3,(H,17,19). The molecule has 0 saturated heterocycles. The normalized spacial score (nSPS) is 9.64. The number of nitriles is 1. The van der Waals surface area contributed by atoms with E-state index in [0.29, 0.717) is 17.2 Å². The number of carbonyl (C=O) groups excluding carboxylic acids is 1. The highest BCUT2D eigenvalue weighted by Gasteiger charge is 2.14. The summed E-state index contributed by atoms with van der Waals surface area (Å²) < 4.78 is 5.55. The summed E-state index contributed by atoms with van der Waals surface area (Å²) in [6.07, 6.45) is 0. The van der Waals surface area contributed by atoms with Gasteiger partial charge in [0.1, 0.15) is 23.1 Å². The molecule has 0 aliphatic heterocycles. The number of hydrogen-bond acceptors (Lipinski definition) is 5. The Morgan fingerprint density at radius 3 is 2.64 bits per heavy atom. The van der Waals surface area contributed by atoms with Gasteiger partial charge in [0, 0.05) is 30.8 Å². The quantitative estimate of drug-likeness (QED) is 0.689. The molecule has 110 valence electrons. The van der Waals surface area contributed by atoms with Crippen LogP contribution in [0.4, 0.5) is 11.4 Å². The number of anilines is 1. The van der Waals surface area contributed by atoms with Crippen LogP contribution in [0.3, 0.4) is 0 Å². The van der Waals surface area contributed by atoms with Crippen LogP contribution >= 0.6 is 0 Å². The van der Waals surface area contributed by atoms with Crippen molar-refractivity contribution in [3.63, 3.8) is 0 Å². The van der Waals surface area contributed by atoms with Gasteiger partial charge in [0.25, 0.3) is 5.69 Å². The van der Waals surface area contributed by atoms with Gasteiger partial charge >= 0.3 is 0 Å². The second kappa shape index (κ2) is 6.37. The Kier molecular flexibility index (Phi) is 4.34. The second-order valence-corrected chi connectivity index (χ2v) is 4.36. The Morgan fingerprint density at radius 2 is 2.00 bits per heavy atom. The number of rotatable bonds is 4. The lowest BCUT2D eigenvalue weighted by molar-refractivity contribution is -0.385. The van der Waals surface area contributed by atoms with Crippen molar-refractivity contribution in [3.8, 4) is 17.6 Å². The number of nitrogens with one attached hydrogen (secondary N) is 1. The molecule has 0 unspecified atom stereocenters. The van der Waals surface area contributed by atoms with Gasteiger partial charge in [-0.15, -0.1) is 0 Å². The summed E-state index contributed by atoms with van der Waals surface area (Å²) in [4.78, 5) is 21.2. The monoisotopic (exact) mass is 297 g/mol. The van der Waals surface area contributed by atoms with Crippen molar-refractivity contribution in [1.29, 1.82) is 5.26 Å². The predicted octanol–water partition coefficient (Wildman–Crippen LogP) is 3.22. The zero-order chi connectivity index (χ0) is 16.1. The Hall–Kier alpha value is -3.40. The van der Waals surface area contributed by atoms with Gasteiger partial charge in [-0.3, -0.25) is 14.9 Å². The van der Waals surface area contributed by atoms with E-state index in [2.05, 4.69) is 5.32 Å². The lowest BCUT2D eigenvalue weighted by Crippen LogP contribution is -2.05. The Balaban J connectivity index is 2.26. The summed E-state index contributed by atoms with van der Waals surface area (Å²) in [6.45, 7) is 1.39. The third-order valence-corrected chi connectivity index (χ3v) is 2.68. The molecule has 1 amide bonds. The fourth-order valence-electron chi connectivity index (χ4n) is 1.80. The van der Waals surface area contributed by atoms with Gasteiger partial charge in [-0.25, -0.2) is 0 Å². The molecule has 0 fully saturated rings. The molecule has 0 aromatic heterocycles. The van der Waals surface area contributed by atoms with Crippen molar-refractivity contribution in [2.24, 2.45) is 0 Å². The topological polar surface area (TPSA) is 105 Å². The summed E-state index contributed by atoms with van der Waals surface area (Å²) in [6, 6.07) is 12.3. The van der Waals surface area contributed by atoms with Crippen LogP contribution in [-0.4, -0.2) is 10.8 Å². The van der Waals surface area contributed by atoms with E-state index in [1.165, 1.54) is 25.1 Å². The number of benzene rings is 2. The average Bonchev–Trinajstić information content (AvgIpc) is 2.46. The first-order chi connectivity index (χ1) is 10.5. The zero-order valence-corrected chi connectivity index (χ0v) is 11.6. The predicted molar refractivity (Wildman–Crippen MR) is 78.6 cm³/mol. The van der Waals surface area contributed by atoms with Gasteiger partial charge in [-0.1, -0.05) is 6.07 Å². The first-order valence-electron chi connectivity index (χ1n) is 6.23. The molecule has 22 heavy (non-hydrogen) atoms. The third kappa shape index (κ3) is 3.58. The van der Waals surface area contributed by atoms with Crippen molar-refractivity contribution < 1.29 is 14.5 Å². The summed E-state index contributed by atoms with van der Waals surface area (Å²) in [5, 5.41) is 22.3. The number of nitro benzene ring substituents is 1. The zero-order valence-electron chi connectivity index (χ0n) is 11.6. The first kappa shape index (κ1) is 15.0. The number of nitrogens with zero attached hydrogens (tertiary/aromatic N) is 2. The number of carbonyl (C=O) groups is 1. The molecule has 7 heteroatoms. The van der Waals surface area contributed by atoms with Crippen molar-refractivity contribution in [2.75, 3.05) is 5.32 Å². The maximum Gasteiger partial charge on any atom is 0.287 e. The summed E-state index contributed by atoms with van der Waals surface area (Å²) in [7, 11) is 0. The van der Waals surface area contributed by atoms with E-state index in [1.807, 2.05) is 0 Å². The van der Waals surface area contributed by atoms with E-state index in [1.54, 1.807) is 30.3 Å². The minimum absolute atomic E-state index is 0.0829. The molecule has 1 N–H and O–H groups in total. The largest absolute Gasteiger partial charge is 0.457 e. The van der Waals surface area contributed by atoms with Crippen molar-refractivity contribution in [2.45, 2.75) is 6.92 Å². The number of nitro groups is 1. The highest BCUT2D eigenvalue weighted by atomic mass is 16.6. The molecular formula is C15H11N3O4. The van der Waals surface area contributed by atoms with Gasteiger partial charge in [0.05, 0.1) is 4.92 Å². The summed E-state index contributed by atoms with van der Waals surface area (Å²) >= 11 is 0. The molecule has 2 rings (SSSR count). The van der Waals surface area contributed by atoms with Crippen molar-refractivity contribution in [3.05, 3.63) is 58.1 Å². The van der Waals surface area contributed by atoms with Crippen LogP contribution in [0, 0.1) is 21.4 Å². The van der Waals surface area contributed by atoms with E-state index in [4.69, 9.17) is 10.00 Å². The maximum absolute atomic E-state index is 11.0. The molecule has 0 saturated carbocycles. The molecule has 0 heterocycles. The SMILES string of the molecule is CC(=O)Nc1cccc(Oc2ccc([N+](=O)[O-])c(C#N)c2)c1. The van der Waals surface area contributed by atoms with Crippen molar-refractivity contribution in [1.82, 2.24) is 0 Å². The van der Waals surface area contributed by atoms with E-state index < -0.39 is 4.92 Å². The molecule has 0 radical (unpaired) electrons. The number of ether oxygens (including phenoxy) is 1. The minimum Gasteiger partial charge on any atom is -0.457 e. The maximum atomic E-state index is 11.0. The van der Waals surface area contributed by atoms with Gasteiger partial charge < -0.3 is 10.1 Å². The Bertz CT molecular complexity index is 781. The van der Waals surface area contributed by atoms with Crippen LogP contribution in [0.2, 0.25) is 0 Å². The molecule has 0 aliphatic carbocycles. The highest BCUT2D eigenvalue weighted by molar-refractivity contribution is 5.88. The molecule has 2 aromatic carbocycles. The summed E-state index contributed by atoms with van der Waals surface area (Å²) in [5.74, 6) is 0.519. The molecule has 0 atom stereocenters. The van der Waals surface area contributed by atoms with Crippen LogP contribution in [0.5, 0.6) is 11.5 Å². The lowest BCUT2D eigenvalue weighted by atomic mass is 10.2. The Morgan fingerprint density at radius 1 is 1.27 bits per heavy atom. The first-order valence-corrected chi connectivity index (χ1v) is 6.23. The molecule has 7 nitrogen and oxygen atoms in total. The Labute approximate surface area is 125 Å². The van der Waals surface area contributed by atoms with E-state index >= 15 is 0 Å². The highest BCUT2D eigenvalue weighted by Crippen LogP contribution is 2.28. The lowest BCUT2D eigenvalue weighted by Gasteiger charge is -2.08. The molecule has 0 spiro atoms. The fourth-order valence-corrected chi connectivity index (χ4v) is 1.80.